The van der Waals surface area contributed by atoms with Gasteiger partial charge < -0.3 is 20.3 Å². The third-order valence-corrected chi connectivity index (χ3v) is 5.03. The van der Waals surface area contributed by atoms with Crippen molar-refractivity contribution in [2.24, 2.45) is 0 Å². The zero-order valence-corrected chi connectivity index (χ0v) is 17.6. The molecule has 0 saturated heterocycles. The number of nitrogens with one attached hydrogen (secondary N) is 2. The zero-order valence-electron chi connectivity index (χ0n) is 17.6. The Morgan fingerprint density at radius 2 is 1.59 bits per heavy atom. The molecule has 3 aromatic rings. The van der Waals surface area contributed by atoms with Crippen molar-refractivity contribution >= 4 is 34.8 Å². The summed E-state index contributed by atoms with van der Waals surface area (Å²) in [7, 11) is 0. The largest absolute Gasteiger partial charge is 0.457 e. The molecule has 1 aliphatic heterocycles. The Balaban J connectivity index is 1.30. The predicted molar refractivity (Wildman–Crippen MR) is 123 cm³/mol. The lowest BCUT2D eigenvalue weighted by Gasteiger charge is -2.29. The number of rotatable bonds is 6. The molecule has 7 nitrogen and oxygen atoms in total. The Labute approximate surface area is 186 Å². The van der Waals surface area contributed by atoms with Crippen LogP contribution in [0.15, 0.2) is 72.8 Å². The monoisotopic (exact) mass is 429 g/mol. The van der Waals surface area contributed by atoms with Gasteiger partial charge in [0.15, 0.2) is 0 Å². The third kappa shape index (κ3) is 5.13. The van der Waals surface area contributed by atoms with E-state index in [9.17, 15) is 14.4 Å². The lowest BCUT2D eigenvalue weighted by molar-refractivity contribution is -0.124. The number of para-hydroxylation sites is 2. The fourth-order valence-electron chi connectivity index (χ4n) is 3.38. The highest BCUT2D eigenvalue weighted by atomic mass is 16.5. The summed E-state index contributed by atoms with van der Waals surface area (Å²) >= 11 is 0. The molecule has 1 heterocycles. The summed E-state index contributed by atoms with van der Waals surface area (Å²) in [4.78, 5) is 38.3. The summed E-state index contributed by atoms with van der Waals surface area (Å²) in [6, 6.07) is 21.9. The van der Waals surface area contributed by atoms with Crippen LogP contribution in [-0.4, -0.2) is 24.3 Å². The number of amides is 3. The van der Waals surface area contributed by atoms with Gasteiger partial charge in [-0.2, -0.15) is 0 Å². The Bertz CT molecular complexity index is 1140. The van der Waals surface area contributed by atoms with Crippen molar-refractivity contribution in [3.8, 4) is 11.5 Å². The fraction of sp³-hybridized carbons (Fsp3) is 0.160. The first-order valence-corrected chi connectivity index (χ1v) is 10.3. The van der Waals surface area contributed by atoms with Gasteiger partial charge in [0.2, 0.25) is 17.7 Å². The smallest absolute Gasteiger partial charge is 0.244 e. The van der Waals surface area contributed by atoms with Gasteiger partial charge in [-0.15, -0.1) is 0 Å². The minimum Gasteiger partial charge on any atom is -0.457 e. The maximum Gasteiger partial charge on any atom is 0.244 e. The number of ether oxygens (including phenoxy) is 1. The average molecular weight is 429 g/mol. The molecule has 7 heteroatoms. The first-order valence-electron chi connectivity index (χ1n) is 10.3. The molecule has 0 saturated carbocycles. The van der Waals surface area contributed by atoms with Crippen molar-refractivity contribution in [1.29, 1.82) is 0 Å². The topological polar surface area (TPSA) is 87.7 Å². The summed E-state index contributed by atoms with van der Waals surface area (Å²) in [6.07, 6.45) is 0.0167. The molecule has 0 radical (unpaired) electrons. The lowest BCUT2D eigenvalue weighted by Crippen LogP contribution is -2.42. The van der Waals surface area contributed by atoms with Crippen molar-refractivity contribution < 1.29 is 19.1 Å². The Kier molecular flexibility index (Phi) is 6.17. The van der Waals surface area contributed by atoms with E-state index in [0.29, 0.717) is 22.8 Å². The second-order valence-electron chi connectivity index (χ2n) is 7.53. The molecule has 1 aliphatic rings. The maximum absolute atomic E-state index is 12.7. The number of aryl methyl sites for hydroxylation is 1. The van der Waals surface area contributed by atoms with Crippen molar-refractivity contribution in [2.45, 2.75) is 19.8 Å². The predicted octanol–water partition coefficient (Wildman–Crippen LogP) is 4.49. The standard InChI is InChI=1S/C25H23N3O4/c1-17-6-10-19(11-7-17)32-20-12-8-18(9-13-20)26-23(29)14-15-25(31)28-16-24(30)27-21-4-2-3-5-22(21)28/h2-13H,14-16H2,1H3,(H,26,29)(H,27,30). The quantitative estimate of drug-likeness (QED) is 0.604. The molecule has 0 fully saturated rings. The number of hydrogen-bond acceptors (Lipinski definition) is 4. The molecule has 32 heavy (non-hydrogen) atoms. The highest BCUT2D eigenvalue weighted by molar-refractivity contribution is 6.10. The van der Waals surface area contributed by atoms with Crippen molar-refractivity contribution in [3.63, 3.8) is 0 Å². The van der Waals surface area contributed by atoms with E-state index in [4.69, 9.17) is 4.74 Å². The van der Waals surface area contributed by atoms with E-state index >= 15 is 0 Å². The van der Waals surface area contributed by atoms with Gasteiger partial charge in [-0.05, 0) is 55.5 Å². The lowest BCUT2D eigenvalue weighted by atomic mass is 10.1. The van der Waals surface area contributed by atoms with Gasteiger partial charge in [0.25, 0.3) is 0 Å². The molecule has 0 bridgehead atoms. The number of hydrogen-bond donors (Lipinski definition) is 2. The van der Waals surface area contributed by atoms with Gasteiger partial charge in [0.1, 0.15) is 18.0 Å². The van der Waals surface area contributed by atoms with Gasteiger partial charge in [-0.3, -0.25) is 14.4 Å². The van der Waals surface area contributed by atoms with Crippen LogP contribution in [-0.2, 0) is 14.4 Å². The highest BCUT2D eigenvalue weighted by Gasteiger charge is 2.26. The Morgan fingerprint density at radius 3 is 2.31 bits per heavy atom. The fourth-order valence-corrected chi connectivity index (χ4v) is 3.38. The first kappa shape index (κ1) is 21.1. The number of carbonyl (C=O) groups is 3. The van der Waals surface area contributed by atoms with Crippen molar-refractivity contribution in [2.75, 3.05) is 22.1 Å². The van der Waals surface area contributed by atoms with Crippen LogP contribution in [0, 0.1) is 6.92 Å². The number of fused-ring (bicyclic) bond motifs is 1. The van der Waals surface area contributed by atoms with Crippen LogP contribution in [0.25, 0.3) is 0 Å². The maximum atomic E-state index is 12.7. The number of benzene rings is 3. The zero-order chi connectivity index (χ0) is 22.5. The van der Waals surface area contributed by atoms with E-state index in [-0.39, 0.29) is 37.1 Å². The van der Waals surface area contributed by atoms with Gasteiger partial charge >= 0.3 is 0 Å². The normalized spacial score (nSPS) is 12.5. The molecule has 4 rings (SSSR count). The second-order valence-corrected chi connectivity index (χ2v) is 7.53. The van der Waals surface area contributed by atoms with Crippen LogP contribution >= 0.6 is 0 Å². The van der Waals surface area contributed by atoms with E-state index in [1.807, 2.05) is 31.2 Å². The van der Waals surface area contributed by atoms with Gasteiger partial charge in [0.05, 0.1) is 11.4 Å². The molecule has 0 aliphatic carbocycles. The third-order valence-electron chi connectivity index (χ3n) is 5.03. The van der Waals surface area contributed by atoms with Crippen LogP contribution in [0.1, 0.15) is 18.4 Å². The van der Waals surface area contributed by atoms with Gasteiger partial charge in [0, 0.05) is 18.5 Å². The summed E-state index contributed by atoms with van der Waals surface area (Å²) in [5.74, 6) is 0.585. The number of anilines is 3. The molecule has 0 aromatic heterocycles. The van der Waals surface area contributed by atoms with Crippen LogP contribution in [0.4, 0.5) is 17.1 Å². The number of carbonyl (C=O) groups excluding carboxylic acids is 3. The van der Waals surface area contributed by atoms with Crippen molar-refractivity contribution in [1.82, 2.24) is 0 Å². The van der Waals surface area contributed by atoms with Crippen LogP contribution in [0.2, 0.25) is 0 Å². The molecule has 3 amide bonds. The molecule has 0 atom stereocenters. The average Bonchev–Trinajstić information content (AvgIpc) is 2.79. The summed E-state index contributed by atoms with van der Waals surface area (Å²) < 4.78 is 5.78. The summed E-state index contributed by atoms with van der Waals surface area (Å²) in [5, 5.41) is 5.52. The second kappa shape index (κ2) is 9.34. The van der Waals surface area contributed by atoms with E-state index in [2.05, 4.69) is 10.6 Å². The van der Waals surface area contributed by atoms with Gasteiger partial charge in [-0.1, -0.05) is 29.8 Å². The summed E-state index contributed by atoms with van der Waals surface area (Å²) in [5.41, 5.74) is 3.00. The van der Waals surface area contributed by atoms with E-state index in [1.54, 1.807) is 48.5 Å². The molecule has 3 aromatic carbocycles. The SMILES string of the molecule is Cc1ccc(Oc2ccc(NC(=O)CCC(=O)N3CC(=O)Nc4ccccc43)cc2)cc1. The summed E-state index contributed by atoms with van der Waals surface area (Å²) in [6.45, 7) is 1.96. The first-order chi connectivity index (χ1) is 15.5. The Hall–Kier alpha value is -4.13. The van der Waals surface area contributed by atoms with Gasteiger partial charge in [-0.25, -0.2) is 0 Å². The molecular formula is C25H23N3O4. The minimum absolute atomic E-state index is 0.00205. The molecule has 162 valence electrons. The number of nitrogens with zero attached hydrogens (tertiary/aromatic N) is 1. The van der Waals surface area contributed by atoms with Crippen LogP contribution in [0.5, 0.6) is 11.5 Å². The van der Waals surface area contributed by atoms with Crippen molar-refractivity contribution in [3.05, 3.63) is 78.4 Å². The molecule has 0 unspecified atom stereocenters. The molecule has 2 N–H and O–H groups in total. The molecular weight excluding hydrogens is 406 g/mol. The Morgan fingerprint density at radius 1 is 0.938 bits per heavy atom. The van der Waals surface area contributed by atoms with E-state index in [1.165, 1.54) is 4.90 Å². The highest BCUT2D eigenvalue weighted by Crippen LogP contribution is 2.29. The molecule has 0 spiro atoms. The van der Waals surface area contributed by atoms with Crippen LogP contribution in [0.3, 0.4) is 0 Å². The minimum atomic E-state index is -0.278. The van der Waals surface area contributed by atoms with E-state index < -0.39 is 0 Å². The van der Waals surface area contributed by atoms with Crippen LogP contribution < -0.4 is 20.3 Å². The van der Waals surface area contributed by atoms with E-state index in [0.717, 1.165) is 11.3 Å².